The summed E-state index contributed by atoms with van der Waals surface area (Å²) in [5.41, 5.74) is 4.23. The van der Waals surface area contributed by atoms with Crippen LogP contribution in [0.25, 0.3) is 16.8 Å². The second-order valence-electron chi connectivity index (χ2n) is 9.55. The molecule has 0 atom stereocenters. The van der Waals surface area contributed by atoms with E-state index < -0.39 is 0 Å². The zero-order valence-corrected chi connectivity index (χ0v) is 20.5. The number of nitrogens with one attached hydrogen (secondary N) is 1. The molecule has 9 nitrogen and oxygen atoms in total. The Bertz CT molecular complexity index is 1190. The lowest BCUT2D eigenvalue weighted by Crippen LogP contribution is -2.50. The fraction of sp³-hybridized carbons (Fsp3) is 0.500. The van der Waals surface area contributed by atoms with E-state index in [0.29, 0.717) is 17.9 Å². The van der Waals surface area contributed by atoms with Gasteiger partial charge in [0.25, 0.3) is 0 Å². The number of morpholine rings is 1. The Balaban J connectivity index is 1.36. The molecule has 0 bridgehead atoms. The first-order chi connectivity index (χ1) is 17.1. The monoisotopic (exact) mass is 475 g/mol. The number of hydrogen-bond acceptors (Lipinski definition) is 8. The number of anilines is 1. The van der Waals surface area contributed by atoms with E-state index in [9.17, 15) is 5.26 Å². The molecule has 35 heavy (non-hydrogen) atoms. The topological polar surface area (TPSA) is 91.0 Å². The van der Waals surface area contributed by atoms with Gasteiger partial charge in [-0.3, -0.25) is 9.88 Å². The Kier molecular flexibility index (Phi) is 6.86. The number of hydrogen-bond donors (Lipinski definition) is 1. The van der Waals surface area contributed by atoms with Crippen molar-refractivity contribution < 1.29 is 9.47 Å². The van der Waals surface area contributed by atoms with Crippen LogP contribution in [0.4, 0.5) is 5.69 Å². The van der Waals surface area contributed by atoms with Gasteiger partial charge in [-0.2, -0.15) is 10.4 Å². The van der Waals surface area contributed by atoms with Crippen LogP contribution in [0.1, 0.15) is 25.3 Å². The van der Waals surface area contributed by atoms with Crippen molar-refractivity contribution >= 4 is 11.2 Å². The molecule has 3 aromatic rings. The molecule has 0 radical (unpaired) electrons. The summed E-state index contributed by atoms with van der Waals surface area (Å²) in [6.07, 6.45) is 7.55. The Morgan fingerprint density at radius 1 is 1.17 bits per heavy atom. The first-order valence-electron chi connectivity index (χ1n) is 12.3. The number of pyridine rings is 2. The van der Waals surface area contributed by atoms with Gasteiger partial charge in [0, 0.05) is 43.8 Å². The largest absolute Gasteiger partial charge is 0.491 e. The molecule has 184 valence electrons. The second-order valence-corrected chi connectivity index (χ2v) is 9.55. The maximum Gasteiger partial charge on any atom is 0.138 e. The molecular weight excluding hydrogens is 442 g/mol. The highest BCUT2D eigenvalue weighted by atomic mass is 16.5. The minimum Gasteiger partial charge on any atom is -0.491 e. The average molecular weight is 476 g/mol. The van der Waals surface area contributed by atoms with Crippen molar-refractivity contribution in [3.8, 4) is 23.1 Å². The highest BCUT2D eigenvalue weighted by Crippen LogP contribution is 2.31. The lowest BCUT2D eigenvalue weighted by Gasteiger charge is -2.40. The van der Waals surface area contributed by atoms with Gasteiger partial charge in [-0.15, -0.1) is 0 Å². The molecule has 0 aromatic carbocycles. The fourth-order valence-corrected chi connectivity index (χ4v) is 4.81. The Labute approximate surface area is 206 Å². The third-order valence-electron chi connectivity index (χ3n) is 7.35. The Morgan fingerprint density at radius 2 is 1.97 bits per heavy atom. The van der Waals surface area contributed by atoms with Crippen LogP contribution in [0.3, 0.4) is 0 Å². The van der Waals surface area contributed by atoms with Crippen LogP contribution in [0.5, 0.6) is 5.75 Å². The van der Waals surface area contributed by atoms with Crippen molar-refractivity contribution in [2.75, 3.05) is 64.5 Å². The smallest absolute Gasteiger partial charge is 0.138 e. The van der Waals surface area contributed by atoms with Crippen molar-refractivity contribution in [3.63, 3.8) is 0 Å². The van der Waals surface area contributed by atoms with Gasteiger partial charge in [-0.05, 0) is 45.0 Å². The third kappa shape index (κ3) is 5.10. The summed E-state index contributed by atoms with van der Waals surface area (Å²) in [6, 6.07) is 8.38. The van der Waals surface area contributed by atoms with Gasteiger partial charge < -0.3 is 19.7 Å². The van der Waals surface area contributed by atoms with E-state index in [1.165, 1.54) is 0 Å². The maximum atomic E-state index is 9.65. The lowest BCUT2D eigenvalue weighted by atomic mass is 9.90. The molecule has 2 aliphatic rings. The fourth-order valence-electron chi connectivity index (χ4n) is 4.81. The minimum atomic E-state index is 0.202. The van der Waals surface area contributed by atoms with Crippen LogP contribution < -0.4 is 15.0 Å². The Hall–Kier alpha value is -3.19. The molecule has 5 rings (SSSR count). The summed E-state index contributed by atoms with van der Waals surface area (Å²) in [5.74, 6) is 0.710. The zero-order valence-electron chi connectivity index (χ0n) is 20.5. The van der Waals surface area contributed by atoms with Crippen LogP contribution in [0.2, 0.25) is 0 Å². The van der Waals surface area contributed by atoms with Crippen LogP contribution in [0, 0.1) is 11.3 Å². The van der Waals surface area contributed by atoms with Gasteiger partial charge in [0.15, 0.2) is 0 Å². The molecule has 2 fully saturated rings. The van der Waals surface area contributed by atoms with Crippen molar-refractivity contribution in [1.29, 1.82) is 5.26 Å². The number of nitriles is 1. The van der Waals surface area contributed by atoms with E-state index in [-0.39, 0.29) is 5.54 Å². The van der Waals surface area contributed by atoms with Crippen molar-refractivity contribution in [3.05, 3.63) is 42.4 Å². The molecule has 2 saturated heterocycles. The third-order valence-corrected chi connectivity index (χ3v) is 7.35. The number of ether oxygens (including phenoxy) is 2. The average Bonchev–Trinajstić information content (AvgIpc) is 3.33. The van der Waals surface area contributed by atoms with Crippen LogP contribution in [-0.2, 0) is 4.74 Å². The molecule has 5 heterocycles. The van der Waals surface area contributed by atoms with Gasteiger partial charge in [0.2, 0.25) is 0 Å². The first kappa shape index (κ1) is 23.5. The Morgan fingerprint density at radius 3 is 2.66 bits per heavy atom. The van der Waals surface area contributed by atoms with E-state index in [1.807, 2.05) is 31.6 Å². The minimum absolute atomic E-state index is 0.202. The molecule has 1 N–H and O–H groups in total. The molecule has 0 unspecified atom stereocenters. The van der Waals surface area contributed by atoms with Crippen LogP contribution in [0.15, 0.2) is 36.8 Å². The molecule has 0 spiro atoms. The summed E-state index contributed by atoms with van der Waals surface area (Å²) in [5, 5.41) is 17.5. The van der Waals surface area contributed by atoms with Gasteiger partial charge in [-0.25, -0.2) is 4.52 Å². The van der Waals surface area contributed by atoms with Crippen molar-refractivity contribution in [2.24, 2.45) is 0 Å². The highest BCUT2D eigenvalue weighted by molar-refractivity contribution is 5.83. The summed E-state index contributed by atoms with van der Waals surface area (Å²) < 4.78 is 13.2. The van der Waals surface area contributed by atoms with Gasteiger partial charge in [-0.1, -0.05) is 0 Å². The summed E-state index contributed by atoms with van der Waals surface area (Å²) in [7, 11) is 2.04. The van der Waals surface area contributed by atoms with E-state index in [2.05, 4.69) is 39.3 Å². The maximum absolute atomic E-state index is 9.65. The van der Waals surface area contributed by atoms with Gasteiger partial charge in [0.1, 0.15) is 18.4 Å². The number of nitrogens with zero attached hydrogens (tertiary/aromatic N) is 6. The molecule has 0 amide bonds. The summed E-state index contributed by atoms with van der Waals surface area (Å²) >= 11 is 0. The molecule has 3 aromatic heterocycles. The number of fused-ring (bicyclic) bond motifs is 1. The second kappa shape index (κ2) is 10.2. The quantitative estimate of drug-likeness (QED) is 0.558. The van der Waals surface area contributed by atoms with Gasteiger partial charge >= 0.3 is 0 Å². The van der Waals surface area contributed by atoms with E-state index in [1.54, 1.807) is 10.7 Å². The molecule has 2 aliphatic heterocycles. The highest BCUT2D eigenvalue weighted by Gasteiger charge is 2.28. The van der Waals surface area contributed by atoms with E-state index in [4.69, 9.17) is 14.5 Å². The number of aromatic nitrogens is 3. The SMILES string of the molecule is CNC1(C)CCN(c2ccc(-c3cc(OCCN4CCOCC4)cn4ncc(C#N)c34)nc2)CC1. The molecule has 0 saturated carbocycles. The predicted octanol–water partition coefficient (Wildman–Crippen LogP) is 2.56. The molecular formula is C26H33N7O2. The number of rotatable bonds is 7. The normalized spacial score (nSPS) is 18.5. The van der Waals surface area contributed by atoms with Crippen LogP contribution in [-0.4, -0.2) is 84.6 Å². The van der Waals surface area contributed by atoms with E-state index in [0.717, 1.165) is 81.2 Å². The van der Waals surface area contributed by atoms with Crippen molar-refractivity contribution in [2.45, 2.75) is 25.3 Å². The standard InChI is InChI=1S/C26H33N7O2/c1-26(28-2)5-7-32(8-6-26)21-3-4-24(29-18-21)23-15-22(19-33-25(23)20(16-27)17-30-33)35-14-11-31-9-12-34-13-10-31/h3-4,15,17-19,28H,5-14H2,1-2H3. The molecule has 9 heteroatoms. The predicted molar refractivity (Wildman–Crippen MR) is 135 cm³/mol. The lowest BCUT2D eigenvalue weighted by molar-refractivity contribution is 0.0322. The number of piperidine rings is 1. The first-order valence-corrected chi connectivity index (χ1v) is 12.3. The summed E-state index contributed by atoms with van der Waals surface area (Å²) in [4.78, 5) is 9.52. The van der Waals surface area contributed by atoms with E-state index >= 15 is 0 Å². The van der Waals surface area contributed by atoms with Gasteiger partial charge in [0.05, 0.1) is 54.3 Å². The summed E-state index contributed by atoms with van der Waals surface area (Å²) in [6.45, 7) is 9.10. The molecule has 0 aliphatic carbocycles. The van der Waals surface area contributed by atoms with Crippen molar-refractivity contribution in [1.82, 2.24) is 24.8 Å². The van der Waals surface area contributed by atoms with Crippen LogP contribution >= 0.6 is 0 Å². The zero-order chi connectivity index (χ0) is 24.3.